The third-order valence-corrected chi connectivity index (χ3v) is 7.52. The minimum Gasteiger partial charge on any atom is -0.444 e. The Bertz CT molecular complexity index is 1220. The average molecular weight is 603 g/mol. The molecule has 1 saturated heterocycles. The van der Waals surface area contributed by atoms with Crippen molar-refractivity contribution in [3.05, 3.63) is 41.3 Å². The van der Waals surface area contributed by atoms with E-state index in [0.717, 1.165) is 11.6 Å². The molecule has 0 N–H and O–H groups in total. The van der Waals surface area contributed by atoms with Crippen LogP contribution in [0.5, 0.6) is 0 Å². The molecule has 3 heterocycles. The first-order valence-electron chi connectivity index (χ1n) is 13.8. The maximum absolute atomic E-state index is 13.7. The molecule has 3 aliphatic rings. The number of hydrazone groups is 1. The lowest BCUT2D eigenvalue weighted by molar-refractivity contribution is -0.162. The summed E-state index contributed by atoms with van der Waals surface area (Å²) in [6.07, 6.45) is -3.97. The van der Waals surface area contributed by atoms with Gasteiger partial charge in [0, 0.05) is 57.2 Å². The van der Waals surface area contributed by atoms with Crippen molar-refractivity contribution in [1.82, 2.24) is 19.9 Å². The van der Waals surface area contributed by atoms with E-state index in [1.165, 1.54) is 0 Å². The maximum atomic E-state index is 13.7. The van der Waals surface area contributed by atoms with E-state index in [0.29, 0.717) is 19.4 Å². The summed E-state index contributed by atoms with van der Waals surface area (Å²) in [6.45, 7) is 7.63. The number of allylic oxidation sites excluding steroid dienone is 3. The molecule has 0 spiro atoms. The Morgan fingerprint density at radius 3 is 2.29 bits per heavy atom. The SMILES string of the molecule is CC[C@@H]1C[C@H](N(CC2=CC(C(F)(F)F)=CC(C(F)(F)F)C2)c2ncc(C3C=NN(C)C3)cn2)CN1C(=O)OC(C)(C)C. The summed E-state index contributed by atoms with van der Waals surface area (Å²) in [5.41, 5.74) is -1.35. The zero-order valence-electron chi connectivity index (χ0n) is 24.2. The molecule has 1 amide bonds. The topological polar surface area (TPSA) is 74.2 Å². The molecule has 232 valence electrons. The summed E-state index contributed by atoms with van der Waals surface area (Å²) in [6, 6.07) is -0.719. The lowest BCUT2D eigenvalue weighted by Gasteiger charge is -2.33. The van der Waals surface area contributed by atoms with Crippen LogP contribution in [0.15, 0.2) is 40.8 Å². The molecule has 0 bridgehead atoms. The van der Waals surface area contributed by atoms with Gasteiger partial charge in [-0.3, -0.25) is 5.01 Å². The van der Waals surface area contributed by atoms with Crippen LogP contribution in [-0.2, 0) is 4.74 Å². The van der Waals surface area contributed by atoms with E-state index in [-0.39, 0.29) is 42.6 Å². The number of halogens is 6. The number of alkyl halides is 6. The summed E-state index contributed by atoms with van der Waals surface area (Å²) in [7, 11) is 1.82. The van der Waals surface area contributed by atoms with Crippen LogP contribution in [0.3, 0.4) is 0 Å². The summed E-state index contributed by atoms with van der Waals surface area (Å²) in [5, 5.41) is 5.97. The van der Waals surface area contributed by atoms with Gasteiger partial charge in [0.15, 0.2) is 0 Å². The van der Waals surface area contributed by atoms with Crippen molar-refractivity contribution in [2.45, 2.75) is 82.9 Å². The normalized spacial score (nSPS) is 25.0. The van der Waals surface area contributed by atoms with Gasteiger partial charge in [-0.2, -0.15) is 31.4 Å². The van der Waals surface area contributed by atoms with Crippen molar-refractivity contribution in [3.8, 4) is 0 Å². The predicted molar refractivity (Wildman–Crippen MR) is 145 cm³/mol. The van der Waals surface area contributed by atoms with Crippen molar-refractivity contribution in [1.29, 1.82) is 0 Å². The number of ether oxygens (including phenoxy) is 1. The van der Waals surface area contributed by atoms with Crippen LogP contribution >= 0.6 is 0 Å². The van der Waals surface area contributed by atoms with Gasteiger partial charge in [0.25, 0.3) is 0 Å². The van der Waals surface area contributed by atoms with Gasteiger partial charge in [-0.15, -0.1) is 0 Å². The van der Waals surface area contributed by atoms with E-state index in [1.54, 1.807) is 54.2 Å². The van der Waals surface area contributed by atoms with Gasteiger partial charge < -0.3 is 14.5 Å². The number of hydrogen-bond acceptors (Lipinski definition) is 7. The molecule has 4 rings (SSSR count). The second-order valence-electron chi connectivity index (χ2n) is 12.0. The molecule has 1 fully saturated rings. The zero-order valence-corrected chi connectivity index (χ0v) is 24.2. The Morgan fingerprint density at radius 2 is 1.76 bits per heavy atom. The Kier molecular flexibility index (Phi) is 8.85. The van der Waals surface area contributed by atoms with Crippen LogP contribution < -0.4 is 4.90 Å². The first-order chi connectivity index (χ1) is 19.4. The van der Waals surface area contributed by atoms with Gasteiger partial charge in [-0.05, 0) is 57.2 Å². The first-order valence-corrected chi connectivity index (χ1v) is 13.8. The molecule has 1 aromatic rings. The number of carbonyl (C=O) groups excluding carboxylic acids is 1. The molecule has 0 radical (unpaired) electrons. The van der Waals surface area contributed by atoms with E-state index < -0.39 is 48.0 Å². The van der Waals surface area contributed by atoms with Crippen molar-refractivity contribution in [3.63, 3.8) is 0 Å². The van der Waals surface area contributed by atoms with Crippen LogP contribution in [0.1, 0.15) is 58.4 Å². The fourth-order valence-corrected chi connectivity index (χ4v) is 5.45. The number of anilines is 1. The minimum atomic E-state index is -4.94. The van der Waals surface area contributed by atoms with Crippen molar-refractivity contribution in [2.24, 2.45) is 11.0 Å². The Hall–Kier alpha value is -3.32. The average Bonchev–Trinajstić information content (AvgIpc) is 3.52. The molecule has 2 unspecified atom stereocenters. The predicted octanol–water partition coefficient (Wildman–Crippen LogP) is 6.08. The molecule has 0 aromatic carbocycles. The smallest absolute Gasteiger partial charge is 0.416 e. The Morgan fingerprint density at radius 1 is 1.10 bits per heavy atom. The van der Waals surface area contributed by atoms with E-state index in [1.807, 2.05) is 14.0 Å². The number of likely N-dealkylation sites (N-methyl/N-ethyl adjacent to an activating group) is 1. The summed E-state index contributed by atoms with van der Waals surface area (Å²) < 4.78 is 87.5. The maximum Gasteiger partial charge on any atom is 0.416 e. The quantitative estimate of drug-likeness (QED) is 0.368. The fraction of sp³-hybridized carbons (Fsp3) is 0.643. The first kappa shape index (κ1) is 31.6. The van der Waals surface area contributed by atoms with Gasteiger partial charge in [-0.1, -0.05) is 13.0 Å². The van der Waals surface area contributed by atoms with Crippen LogP contribution in [0, 0.1) is 5.92 Å². The van der Waals surface area contributed by atoms with Crippen LogP contribution in [0.4, 0.5) is 37.1 Å². The summed E-state index contributed by atoms with van der Waals surface area (Å²) >= 11 is 0. The number of carbonyl (C=O) groups is 1. The fourth-order valence-electron chi connectivity index (χ4n) is 5.45. The molecule has 0 saturated carbocycles. The van der Waals surface area contributed by atoms with Gasteiger partial charge in [0.1, 0.15) is 5.60 Å². The van der Waals surface area contributed by atoms with Crippen molar-refractivity contribution in [2.75, 3.05) is 31.6 Å². The lowest BCUT2D eigenvalue weighted by atomic mass is 9.89. The highest BCUT2D eigenvalue weighted by molar-refractivity contribution is 5.70. The van der Waals surface area contributed by atoms with E-state index >= 15 is 0 Å². The van der Waals surface area contributed by atoms with Gasteiger partial charge in [-0.25, -0.2) is 14.8 Å². The van der Waals surface area contributed by atoms with Crippen LogP contribution in [0.2, 0.25) is 0 Å². The number of likely N-dealkylation sites (tertiary alicyclic amines) is 1. The van der Waals surface area contributed by atoms with Crippen molar-refractivity contribution < 1.29 is 35.9 Å². The molecule has 14 heteroatoms. The molecular weight excluding hydrogens is 566 g/mol. The highest BCUT2D eigenvalue weighted by Crippen LogP contribution is 2.41. The number of nitrogens with zero attached hydrogens (tertiary/aromatic N) is 6. The third kappa shape index (κ3) is 7.54. The second kappa shape index (κ2) is 11.8. The van der Waals surface area contributed by atoms with Crippen LogP contribution in [0.25, 0.3) is 0 Å². The Balaban J connectivity index is 1.67. The molecular formula is C28H36F6N6O2. The van der Waals surface area contributed by atoms with E-state index in [4.69, 9.17) is 4.74 Å². The molecule has 42 heavy (non-hydrogen) atoms. The lowest BCUT2D eigenvalue weighted by Crippen LogP contribution is -2.43. The number of aromatic nitrogens is 2. The van der Waals surface area contributed by atoms with Gasteiger partial charge >= 0.3 is 18.4 Å². The molecule has 8 nitrogen and oxygen atoms in total. The molecule has 1 aromatic heterocycles. The second-order valence-corrected chi connectivity index (χ2v) is 12.0. The Labute approximate surface area is 241 Å². The standard InChI is InChI=1S/C28H36F6N6O2/c1-6-22-10-23(16-40(22)25(41)42-26(2,3)4)39(24-35-11-18(12-36-24)19-13-37-38(5)15-19)14-17-7-20(27(29,30)31)9-21(8-17)28(32,33)34/h7,9,11-13,19,21-23H,6,8,10,14-16H2,1-5H3/t19?,21?,22-,23+/m1/s1. The van der Waals surface area contributed by atoms with E-state index in [9.17, 15) is 31.1 Å². The number of amides is 1. The molecule has 2 aliphatic heterocycles. The summed E-state index contributed by atoms with van der Waals surface area (Å²) in [4.78, 5) is 25.2. The van der Waals surface area contributed by atoms with Crippen molar-refractivity contribution >= 4 is 18.3 Å². The monoisotopic (exact) mass is 602 g/mol. The van der Waals surface area contributed by atoms with Crippen LogP contribution in [-0.4, -0.2) is 88.9 Å². The minimum absolute atomic E-state index is 0.0480. The van der Waals surface area contributed by atoms with Gasteiger partial charge in [0.05, 0.1) is 17.5 Å². The number of rotatable bonds is 6. The van der Waals surface area contributed by atoms with E-state index in [2.05, 4.69) is 15.1 Å². The highest BCUT2D eigenvalue weighted by atomic mass is 19.4. The zero-order chi connectivity index (χ0) is 31.0. The highest BCUT2D eigenvalue weighted by Gasteiger charge is 2.45. The third-order valence-electron chi connectivity index (χ3n) is 7.52. The molecule has 4 atom stereocenters. The largest absolute Gasteiger partial charge is 0.444 e. The number of hydrogen-bond donors (Lipinski definition) is 0. The summed E-state index contributed by atoms with van der Waals surface area (Å²) in [5.74, 6) is -2.17. The van der Waals surface area contributed by atoms with Gasteiger partial charge in [0.2, 0.25) is 5.95 Å². The molecule has 1 aliphatic carbocycles.